The standard InChI is InChI=1S/C17H19NO5S/c1-9(2)12-6-11(10(3)5-13(12)23-4)7-14-16(21)18(8-15(19)20)17(22)24-14/h5-7,9H,8H2,1-4H3,(H,19,20)/b14-7+. The molecular weight excluding hydrogens is 330 g/mol. The van der Waals surface area contributed by atoms with Gasteiger partial charge < -0.3 is 9.84 Å². The van der Waals surface area contributed by atoms with Crippen molar-refractivity contribution in [3.63, 3.8) is 0 Å². The van der Waals surface area contributed by atoms with Crippen molar-refractivity contribution in [1.29, 1.82) is 0 Å². The van der Waals surface area contributed by atoms with Gasteiger partial charge >= 0.3 is 5.97 Å². The molecule has 0 atom stereocenters. The Morgan fingerprint density at radius 3 is 2.58 bits per heavy atom. The minimum atomic E-state index is -1.22. The molecule has 1 aliphatic rings. The highest BCUT2D eigenvalue weighted by Crippen LogP contribution is 2.35. The molecule has 1 aromatic carbocycles. The molecule has 2 amide bonds. The van der Waals surface area contributed by atoms with E-state index in [4.69, 9.17) is 9.84 Å². The number of carbonyl (C=O) groups is 3. The smallest absolute Gasteiger partial charge is 0.323 e. The van der Waals surface area contributed by atoms with E-state index >= 15 is 0 Å². The Labute approximate surface area is 144 Å². The second-order valence-corrected chi connectivity index (χ2v) is 6.76. The molecule has 1 heterocycles. The van der Waals surface area contributed by atoms with Crippen molar-refractivity contribution in [2.24, 2.45) is 0 Å². The van der Waals surface area contributed by atoms with Gasteiger partial charge in [0.05, 0.1) is 12.0 Å². The van der Waals surface area contributed by atoms with Gasteiger partial charge in [-0.2, -0.15) is 0 Å². The van der Waals surface area contributed by atoms with Crippen LogP contribution in [0, 0.1) is 6.92 Å². The number of benzene rings is 1. The van der Waals surface area contributed by atoms with Crippen LogP contribution >= 0.6 is 11.8 Å². The fourth-order valence-electron chi connectivity index (χ4n) is 2.41. The Bertz CT molecular complexity index is 739. The van der Waals surface area contributed by atoms with E-state index in [0.717, 1.165) is 39.1 Å². The van der Waals surface area contributed by atoms with Crippen LogP contribution in [0.15, 0.2) is 17.0 Å². The highest BCUT2D eigenvalue weighted by molar-refractivity contribution is 8.18. The first kappa shape index (κ1) is 18.1. The summed E-state index contributed by atoms with van der Waals surface area (Å²) in [6.45, 7) is 5.34. The summed E-state index contributed by atoms with van der Waals surface area (Å²) >= 11 is 0.755. The van der Waals surface area contributed by atoms with Crippen LogP contribution in [0.4, 0.5) is 4.79 Å². The number of imide groups is 1. The number of carboxylic acid groups (broad SMARTS) is 1. The van der Waals surface area contributed by atoms with E-state index in [9.17, 15) is 14.4 Å². The van der Waals surface area contributed by atoms with Crippen molar-refractivity contribution in [2.45, 2.75) is 26.7 Å². The largest absolute Gasteiger partial charge is 0.496 e. The van der Waals surface area contributed by atoms with Crippen molar-refractivity contribution in [3.05, 3.63) is 33.7 Å². The number of amides is 2. The molecule has 0 aliphatic carbocycles. The first-order valence-electron chi connectivity index (χ1n) is 7.40. The van der Waals surface area contributed by atoms with Gasteiger partial charge in [-0.1, -0.05) is 13.8 Å². The summed E-state index contributed by atoms with van der Waals surface area (Å²) in [6, 6.07) is 3.83. The number of carbonyl (C=O) groups excluding carboxylic acids is 2. The lowest BCUT2D eigenvalue weighted by atomic mass is 9.96. The molecule has 6 nitrogen and oxygen atoms in total. The first-order chi connectivity index (χ1) is 11.2. The Morgan fingerprint density at radius 2 is 2.04 bits per heavy atom. The molecule has 2 rings (SSSR count). The molecule has 1 aliphatic heterocycles. The molecule has 0 spiro atoms. The fourth-order valence-corrected chi connectivity index (χ4v) is 3.24. The van der Waals surface area contributed by atoms with E-state index < -0.39 is 23.7 Å². The number of thioether (sulfide) groups is 1. The minimum Gasteiger partial charge on any atom is -0.496 e. The van der Waals surface area contributed by atoms with E-state index in [1.165, 1.54) is 0 Å². The van der Waals surface area contributed by atoms with Gasteiger partial charge in [-0.25, -0.2) is 0 Å². The van der Waals surface area contributed by atoms with Crippen LogP contribution in [0.5, 0.6) is 5.75 Å². The summed E-state index contributed by atoms with van der Waals surface area (Å²) in [5.41, 5.74) is 2.71. The van der Waals surface area contributed by atoms with Gasteiger partial charge in [0, 0.05) is 0 Å². The van der Waals surface area contributed by atoms with Crippen LogP contribution < -0.4 is 4.74 Å². The molecule has 128 valence electrons. The monoisotopic (exact) mass is 349 g/mol. The van der Waals surface area contributed by atoms with Gasteiger partial charge in [0.2, 0.25) is 0 Å². The minimum absolute atomic E-state index is 0.226. The first-order valence-corrected chi connectivity index (χ1v) is 8.22. The molecule has 0 radical (unpaired) electrons. The van der Waals surface area contributed by atoms with Gasteiger partial charge in [0.15, 0.2) is 0 Å². The molecular formula is C17H19NO5S. The molecule has 24 heavy (non-hydrogen) atoms. The second-order valence-electron chi connectivity index (χ2n) is 5.77. The van der Waals surface area contributed by atoms with Crippen molar-refractivity contribution in [2.75, 3.05) is 13.7 Å². The maximum atomic E-state index is 12.2. The molecule has 0 unspecified atom stereocenters. The number of methoxy groups -OCH3 is 1. The molecule has 1 aromatic rings. The van der Waals surface area contributed by atoms with Crippen molar-refractivity contribution in [3.8, 4) is 5.75 Å². The van der Waals surface area contributed by atoms with Crippen LogP contribution in [0.25, 0.3) is 6.08 Å². The van der Waals surface area contributed by atoms with E-state index in [1.807, 2.05) is 32.9 Å². The van der Waals surface area contributed by atoms with Crippen LogP contribution in [-0.4, -0.2) is 40.8 Å². The number of aliphatic carboxylic acids is 1. The lowest BCUT2D eigenvalue weighted by molar-refractivity contribution is -0.140. The highest BCUT2D eigenvalue weighted by atomic mass is 32.2. The average Bonchev–Trinajstić information content (AvgIpc) is 2.75. The summed E-state index contributed by atoms with van der Waals surface area (Å²) < 4.78 is 5.39. The Balaban J connectivity index is 2.41. The third kappa shape index (κ3) is 3.62. The molecule has 1 fully saturated rings. The summed E-state index contributed by atoms with van der Waals surface area (Å²) in [4.78, 5) is 35.8. The fraction of sp³-hybridized carbons (Fsp3) is 0.353. The number of hydrogen-bond acceptors (Lipinski definition) is 5. The highest BCUT2D eigenvalue weighted by Gasteiger charge is 2.36. The molecule has 1 saturated heterocycles. The third-order valence-electron chi connectivity index (χ3n) is 3.69. The van der Waals surface area contributed by atoms with E-state index in [1.54, 1.807) is 13.2 Å². The van der Waals surface area contributed by atoms with Gasteiger partial charge in [-0.3, -0.25) is 19.3 Å². The summed E-state index contributed by atoms with van der Waals surface area (Å²) in [5.74, 6) is -0.789. The quantitative estimate of drug-likeness (QED) is 0.822. The summed E-state index contributed by atoms with van der Waals surface area (Å²) in [5, 5.41) is 8.23. The van der Waals surface area contributed by atoms with Crippen LogP contribution in [0.3, 0.4) is 0 Å². The van der Waals surface area contributed by atoms with Crippen molar-refractivity contribution < 1.29 is 24.2 Å². The summed E-state index contributed by atoms with van der Waals surface area (Å²) in [7, 11) is 1.61. The van der Waals surface area contributed by atoms with E-state index in [-0.39, 0.29) is 10.8 Å². The Kier molecular flexibility index (Phi) is 5.33. The van der Waals surface area contributed by atoms with E-state index in [2.05, 4.69) is 0 Å². The number of carboxylic acids is 1. The predicted octanol–water partition coefficient (Wildman–Crippen LogP) is 3.25. The maximum Gasteiger partial charge on any atom is 0.323 e. The summed E-state index contributed by atoms with van der Waals surface area (Å²) in [6.07, 6.45) is 1.63. The topological polar surface area (TPSA) is 83.9 Å². The number of ether oxygens (including phenoxy) is 1. The van der Waals surface area contributed by atoms with Gasteiger partial charge in [0.1, 0.15) is 12.3 Å². The molecule has 1 N–H and O–H groups in total. The molecule has 7 heteroatoms. The Hall–Kier alpha value is -2.28. The van der Waals surface area contributed by atoms with Gasteiger partial charge in [0.25, 0.3) is 11.1 Å². The van der Waals surface area contributed by atoms with Crippen LogP contribution in [0.2, 0.25) is 0 Å². The SMILES string of the molecule is COc1cc(C)c(/C=C2/SC(=O)N(CC(=O)O)C2=O)cc1C(C)C. The molecule has 0 saturated carbocycles. The third-order valence-corrected chi connectivity index (χ3v) is 4.60. The zero-order chi connectivity index (χ0) is 18.0. The number of rotatable bonds is 5. The number of aryl methyl sites for hydroxylation is 1. The zero-order valence-electron chi connectivity index (χ0n) is 14.0. The van der Waals surface area contributed by atoms with Crippen molar-refractivity contribution >= 4 is 35.0 Å². The lowest BCUT2D eigenvalue weighted by Gasteiger charge is -2.15. The molecule has 0 aromatic heterocycles. The predicted molar refractivity (Wildman–Crippen MR) is 92.1 cm³/mol. The maximum absolute atomic E-state index is 12.2. The van der Waals surface area contributed by atoms with Gasteiger partial charge in [-0.05, 0) is 59.5 Å². The van der Waals surface area contributed by atoms with Crippen LogP contribution in [-0.2, 0) is 9.59 Å². The number of nitrogens with zero attached hydrogens (tertiary/aromatic N) is 1. The normalized spacial score (nSPS) is 16.4. The average molecular weight is 349 g/mol. The molecule has 0 bridgehead atoms. The number of hydrogen-bond donors (Lipinski definition) is 1. The van der Waals surface area contributed by atoms with Crippen LogP contribution in [0.1, 0.15) is 36.5 Å². The van der Waals surface area contributed by atoms with Crippen molar-refractivity contribution in [1.82, 2.24) is 4.90 Å². The van der Waals surface area contributed by atoms with Gasteiger partial charge in [-0.15, -0.1) is 0 Å². The Morgan fingerprint density at radius 1 is 1.38 bits per heavy atom. The zero-order valence-corrected chi connectivity index (χ0v) is 14.8. The second kappa shape index (κ2) is 7.09. The lowest BCUT2D eigenvalue weighted by Crippen LogP contribution is -2.33. The van der Waals surface area contributed by atoms with E-state index in [0.29, 0.717) is 0 Å².